The van der Waals surface area contributed by atoms with Crippen LogP contribution in [0.1, 0.15) is 161 Å². The van der Waals surface area contributed by atoms with Crippen molar-refractivity contribution in [2.45, 2.75) is 186 Å². The molecule has 1 unspecified atom stereocenters. The van der Waals surface area contributed by atoms with E-state index in [1.54, 1.807) is 6.92 Å². The van der Waals surface area contributed by atoms with Crippen molar-refractivity contribution in [1.82, 2.24) is 10.6 Å². The molecule has 5 fully saturated rings. The van der Waals surface area contributed by atoms with Gasteiger partial charge in [0.1, 0.15) is 11.8 Å². The van der Waals surface area contributed by atoms with Crippen molar-refractivity contribution in [3.63, 3.8) is 0 Å². The number of rotatable bonds is 27. The molecule has 12 nitrogen and oxygen atoms in total. The molecule has 0 radical (unpaired) electrons. The Bertz CT molecular complexity index is 2050. The van der Waals surface area contributed by atoms with E-state index in [9.17, 15) is 33.9 Å². The van der Waals surface area contributed by atoms with Crippen LogP contribution in [-0.4, -0.2) is 83.1 Å². The molecule has 4 aliphatic carbocycles. The van der Waals surface area contributed by atoms with E-state index < -0.39 is 54.2 Å². The molecule has 9 atom stereocenters. The number of unbranched alkanes of at least 4 members (excludes halogenated alkanes) is 2. The number of hydrogen-bond acceptors (Lipinski definition) is 10. The Morgan fingerprint density at radius 2 is 1.50 bits per heavy atom. The predicted molar refractivity (Wildman–Crippen MR) is 256 cm³/mol. The number of carbonyl (C=O) groups excluding carboxylic acids is 6. The largest absolute Gasteiger partial charge is 0.461 e. The van der Waals surface area contributed by atoms with Crippen LogP contribution in [0.15, 0.2) is 48.5 Å². The minimum absolute atomic E-state index is 0.0120. The lowest BCUT2D eigenvalue weighted by Gasteiger charge is -2.64. The molecule has 7 rings (SSSR count). The molecule has 66 heavy (non-hydrogen) atoms. The van der Waals surface area contributed by atoms with Crippen molar-refractivity contribution in [2.75, 3.05) is 6.54 Å². The fraction of sp³-hybridized carbons (Fsp3) is 0.660. The lowest BCUT2D eigenvalue weighted by molar-refractivity contribution is -0.199. The molecule has 2 aromatic carbocycles. The van der Waals surface area contributed by atoms with Crippen LogP contribution >= 0.6 is 0 Å². The highest BCUT2D eigenvalue weighted by Crippen LogP contribution is 2.66. The number of amides is 2. The Labute approximate surface area is 393 Å². The second-order valence-corrected chi connectivity index (χ2v) is 21.2. The second-order valence-electron chi connectivity index (χ2n) is 21.2. The van der Waals surface area contributed by atoms with Gasteiger partial charge in [-0.1, -0.05) is 96.0 Å². The fourth-order valence-electron chi connectivity index (χ4n) is 10.9. The van der Waals surface area contributed by atoms with E-state index in [0.29, 0.717) is 62.5 Å². The summed E-state index contributed by atoms with van der Waals surface area (Å²) in [6.45, 7) is 14.3. The third-order valence-electron chi connectivity index (χ3n) is 15.7. The van der Waals surface area contributed by atoms with Crippen LogP contribution in [0.5, 0.6) is 0 Å². The average molecular weight is 910 g/mol. The van der Waals surface area contributed by atoms with Crippen molar-refractivity contribution in [1.29, 1.82) is 0 Å². The number of aryl methyl sites for hydroxylation is 1. The summed E-state index contributed by atoms with van der Waals surface area (Å²) in [5.41, 5.74) is 8.56. The topological polar surface area (TPSA) is 191 Å². The van der Waals surface area contributed by atoms with Gasteiger partial charge in [-0.15, -0.1) is 0 Å². The molecular formula is C53H76BN3O9. The standard InChI is InChI=1S/C53H76BN3O9/c1-8-9-13-36-17-19-37(20-18-36)38-21-23-39(24-22-38)43(60)16-12-15-42(59)30-40(14-10-11-27-55)50(64)56-48(35(4)58)44(61)28-33(2)49(63)57-53(25-26-53)46(62)29-34(3)54-65-47-32-41-31-45(51(41,5)6)52(47,7)66-54/h17-24,33-35,40-41,45,47-48,58H,8-16,25-32,55H2,1-7H3,(H,56,64)(H,57,63)/t33-,34-,35-,40-,41+,45+,47?,48+,52+/m1/s1. The quantitative estimate of drug-likeness (QED) is 0.0389. The van der Waals surface area contributed by atoms with Gasteiger partial charge in [-0.05, 0) is 118 Å². The van der Waals surface area contributed by atoms with Gasteiger partial charge in [0.05, 0.1) is 23.3 Å². The number of aliphatic hydroxyl groups is 1. The first kappa shape index (κ1) is 51.4. The summed E-state index contributed by atoms with van der Waals surface area (Å²) in [5, 5.41) is 16.3. The van der Waals surface area contributed by atoms with E-state index in [2.05, 4.69) is 62.6 Å². The van der Waals surface area contributed by atoms with E-state index in [4.69, 9.17) is 15.0 Å². The zero-order valence-electron chi connectivity index (χ0n) is 40.6. The Morgan fingerprint density at radius 1 is 0.833 bits per heavy atom. The number of ketones is 4. The number of Topliss-reactive ketones (excluding diaryl/α,β-unsaturated/α-hetero) is 4. The maximum atomic E-state index is 13.7. The molecule has 4 saturated carbocycles. The first-order chi connectivity index (χ1) is 31.3. The van der Waals surface area contributed by atoms with Gasteiger partial charge in [0.15, 0.2) is 17.3 Å². The normalized spacial score (nSPS) is 24.4. The first-order valence-electron chi connectivity index (χ1n) is 25.0. The second kappa shape index (κ2) is 21.9. The van der Waals surface area contributed by atoms with Gasteiger partial charge in [-0.3, -0.25) is 28.8 Å². The predicted octanol–water partition coefficient (Wildman–Crippen LogP) is 7.94. The summed E-state index contributed by atoms with van der Waals surface area (Å²) < 4.78 is 13.0. The number of nitrogens with one attached hydrogen (secondary N) is 2. The molecule has 1 aliphatic heterocycles. The van der Waals surface area contributed by atoms with Crippen molar-refractivity contribution in [3.05, 3.63) is 59.7 Å². The minimum atomic E-state index is -1.31. The van der Waals surface area contributed by atoms with Gasteiger partial charge >= 0.3 is 7.12 Å². The summed E-state index contributed by atoms with van der Waals surface area (Å²) in [7, 11) is -0.497. The van der Waals surface area contributed by atoms with E-state index >= 15 is 0 Å². The number of hydrogen-bond donors (Lipinski definition) is 4. The zero-order chi connectivity index (χ0) is 48.0. The van der Waals surface area contributed by atoms with Gasteiger partial charge in [0.25, 0.3) is 0 Å². The smallest absolute Gasteiger partial charge is 0.405 e. The van der Waals surface area contributed by atoms with Crippen LogP contribution in [0, 0.1) is 29.1 Å². The molecule has 1 heterocycles. The summed E-state index contributed by atoms with van der Waals surface area (Å²) in [6.07, 6.45) is 7.27. The van der Waals surface area contributed by atoms with E-state index in [1.807, 2.05) is 31.2 Å². The molecular weight excluding hydrogens is 833 g/mol. The molecule has 0 spiro atoms. The van der Waals surface area contributed by atoms with Crippen LogP contribution in [0.3, 0.4) is 0 Å². The molecule has 1 saturated heterocycles. The van der Waals surface area contributed by atoms with E-state index in [-0.39, 0.29) is 72.4 Å². The molecule has 13 heteroatoms. The molecule has 2 aromatic rings. The third-order valence-corrected chi connectivity index (χ3v) is 15.7. The van der Waals surface area contributed by atoms with Crippen LogP contribution in [0.2, 0.25) is 5.82 Å². The molecule has 2 amide bonds. The average Bonchev–Trinajstić information content (AvgIpc) is 3.98. The summed E-state index contributed by atoms with van der Waals surface area (Å²) in [5.74, 6) is -2.63. The Hall–Kier alpha value is -4.04. The Morgan fingerprint density at radius 3 is 2.11 bits per heavy atom. The van der Waals surface area contributed by atoms with Crippen molar-refractivity contribution < 1.29 is 43.2 Å². The number of benzene rings is 2. The highest BCUT2D eigenvalue weighted by molar-refractivity contribution is 6.47. The Kier molecular flexibility index (Phi) is 17.1. The van der Waals surface area contributed by atoms with Gasteiger partial charge < -0.3 is 30.8 Å². The van der Waals surface area contributed by atoms with Crippen molar-refractivity contribution >= 4 is 42.1 Å². The zero-order valence-corrected chi connectivity index (χ0v) is 40.6. The van der Waals surface area contributed by atoms with Gasteiger partial charge in [-0.2, -0.15) is 0 Å². The monoisotopic (exact) mass is 910 g/mol. The fourth-order valence-corrected chi connectivity index (χ4v) is 10.9. The first-order valence-corrected chi connectivity index (χ1v) is 25.0. The number of aliphatic hydroxyl groups excluding tert-OH is 1. The maximum absolute atomic E-state index is 13.7. The SMILES string of the molecule is CCCCc1ccc(-c2ccc(C(=O)CCCC(=O)C[C@@H](CCCCN)C(=O)N[C@H](C(=O)C[C@@H](C)C(=O)NC3(C(=O)C[C@@H](C)B4OC5C[C@@H]6C[C@@H](C6(C)C)[C@]5(C)O4)CC3)[C@@H](C)O)cc2)cc1. The third kappa shape index (κ3) is 12.0. The maximum Gasteiger partial charge on any atom is 0.461 e. The summed E-state index contributed by atoms with van der Waals surface area (Å²) in [4.78, 5) is 80.9. The van der Waals surface area contributed by atoms with Gasteiger partial charge in [0.2, 0.25) is 11.8 Å². The summed E-state index contributed by atoms with van der Waals surface area (Å²) >= 11 is 0. The molecule has 360 valence electrons. The van der Waals surface area contributed by atoms with Crippen molar-refractivity contribution in [3.8, 4) is 11.1 Å². The van der Waals surface area contributed by atoms with Crippen LogP contribution in [-0.2, 0) is 39.7 Å². The highest BCUT2D eigenvalue weighted by Gasteiger charge is 2.68. The van der Waals surface area contributed by atoms with E-state index in [1.165, 1.54) is 12.5 Å². The molecule has 5 N–H and O–H groups in total. The lowest BCUT2D eigenvalue weighted by atomic mass is 9.43. The lowest BCUT2D eigenvalue weighted by Crippen LogP contribution is -2.65. The minimum Gasteiger partial charge on any atom is -0.405 e. The molecule has 2 bridgehead atoms. The number of nitrogens with two attached hydrogens (primary N) is 1. The summed E-state index contributed by atoms with van der Waals surface area (Å²) in [6, 6.07) is 14.7. The van der Waals surface area contributed by atoms with Crippen LogP contribution in [0.25, 0.3) is 11.1 Å². The highest BCUT2D eigenvalue weighted by atomic mass is 16.7. The van der Waals surface area contributed by atoms with Gasteiger partial charge in [-0.25, -0.2) is 0 Å². The molecule has 0 aromatic heterocycles. The van der Waals surface area contributed by atoms with Crippen LogP contribution in [0.4, 0.5) is 0 Å². The van der Waals surface area contributed by atoms with Gasteiger partial charge in [0, 0.05) is 49.5 Å². The van der Waals surface area contributed by atoms with Crippen molar-refractivity contribution in [2.24, 2.45) is 34.8 Å². The van der Waals surface area contributed by atoms with Crippen LogP contribution < -0.4 is 16.4 Å². The molecule has 5 aliphatic rings. The Balaban J connectivity index is 0.952. The number of carbonyl (C=O) groups is 6. The van der Waals surface area contributed by atoms with E-state index in [0.717, 1.165) is 43.2 Å².